The Morgan fingerprint density at radius 3 is 2.14 bits per heavy atom. The number of carbonyl (C=O) groups is 2. The van der Waals surface area contributed by atoms with Crippen molar-refractivity contribution in [1.29, 1.82) is 0 Å². The average Bonchev–Trinajstić information content (AvgIpc) is 2.62. The van der Waals surface area contributed by atoms with Gasteiger partial charge in [-0.05, 0) is 43.9 Å². The fourth-order valence-electron chi connectivity index (χ4n) is 5.11. The van der Waals surface area contributed by atoms with Gasteiger partial charge < -0.3 is 15.5 Å². The molecule has 2 amide bonds. The number of amides is 2. The number of likely N-dealkylation sites (tertiary alicyclic amines) is 1. The number of rotatable bonds is 8. The van der Waals surface area contributed by atoms with Crippen molar-refractivity contribution in [1.82, 2.24) is 10.6 Å². The molecule has 0 bridgehead atoms. The summed E-state index contributed by atoms with van der Waals surface area (Å²) in [5.74, 6) is 2.55. The maximum atomic E-state index is 12.7. The van der Waals surface area contributed by atoms with E-state index in [2.05, 4.69) is 31.4 Å². The summed E-state index contributed by atoms with van der Waals surface area (Å²) in [6.07, 6.45) is 6.48. The van der Waals surface area contributed by atoms with Crippen LogP contribution in [0, 0.1) is 29.6 Å². The minimum absolute atomic E-state index is 0.0251. The SMILES string of the molecule is CC1CCC(C(=O)N[C@H](C(=O)NCCC[NH+]2C[C@@H](C)C[C@H](C)C2)C(C)C)CC1. The molecule has 28 heavy (non-hydrogen) atoms. The normalized spacial score (nSPS) is 32.0. The van der Waals surface area contributed by atoms with Crippen molar-refractivity contribution in [2.24, 2.45) is 29.6 Å². The molecule has 0 aromatic rings. The summed E-state index contributed by atoms with van der Waals surface area (Å²) in [7, 11) is 0. The second-order valence-corrected chi connectivity index (χ2v) is 10.2. The van der Waals surface area contributed by atoms with Gasteiger partial charge in [0.25, 0.3) is 0 Å². The van der Waals surface area contributed by atoms with Crippen molar-refractivity contribution in [3.63, 3.8) is 0 Å². The van der Waals surface area contributed by atoms with Gasteiger partial charge in [0.05, 0.1) is 19.6 Å². The van der Waals surface area contributed by atoms with Crippen LogP contribution in [0.15, 0.2) is 0 Å². The van der Waals surface area contributed by atoms with Crippen LogP contribution in [0.5, 0.6) is 0 Å². The lowest BCUT2D eigenvalue weighted by molar-refractivity contribution is -0.912. The van der Waals surface area contributed by atoms with Gasteiger partial charge in [-0.1, -0.05) is 34.6 Å². The summed E-state index contributed by atoms with van der Waals surface area (Å²) >= 11 is 0. The van der Waals surface area contributed by atoms with E-state index >= 15 is 0 Å². The molecule has 3 N–H and O–H groups in total. The molecule has 1 aliphatic carbocycles. The van der Waals surface area contributed by atoms with E-state index in [4.69, 9.17) is 0 Å². The minimum Gasteiger partial charge on any atom is -0.354 e. The monoisotopic (exact) mass is 394 g/mol. The van der Waals surface area contributed by atoms with Crippen molar-refractivity contribution in [2.75, 3.05) is 26.2 Å². The molecule has 0 unspecified atom stereocenters. The Kier molecular flexibility index (Phi) is 9.26. The highest BCUT2D eigenvalue weighted by Gasteiger charge is 2.30. The van der Waals surface area contributed by atoms with Gasteiger partial charge in [-0.15, -0.1) is 0 Å². The smallest absolute Gasteiger partial charge is 0.242 e. The van der Waals surface area contributed by atoms with Gasteiger partial charge in [0.1, 0.15) is 6.04 Å². The molecular formula is C23H44N3O2+. The molecule has 3 atom stereocenters. The predicted molar refractivity (Wildman–Crippen MR) is 114 cm³/mol. The summed E-state index contributed by atoms with van der Waals surface area (Å²) < 4.78 is 0. The first-order valence-electron chi connectivity index (χ1n) is 11.7. The minimum atomic E-state index is -0.422. The third kappa shape index (κ3) is 7.38. The van der Waals surface area contributed by atoms with E-state index in [-0.39, 0.29) is 23.7 Å². The Hall–Kier alpha value is -1.10. The maximum Gasteiger partial charge on any atom is 0.242 e. The first kappa shape index (κ1) is 23.2. The summed E-state index contributed by atoms with van der Waals surface area (Å²) in [4.78, 5) is 27.0. The highest BCUT2D eigenvalue weighted by Crippen LogP contribution is 2.28. The Balaban J connectivity index is 1.72. The van der Waals surface area contributed by atoms with E-state index in [0.717, 1.165) is 56.4 Å². The summed E-state index contributed by atoms with van der Waals surface area (Å²) in [6.45, 7) is 15.3. The lowest BCUT2D eigenvalue weighted by atomic mass is 9.82. The number of hydrogen-bond donors (Lipinski definition) is 3. The molecule has 0 spiro atoms. The van der Waals surface area contributed by atoms with Gasteiger partial charge in [-0.2, -0.15) is 0 Å². The second kappa shape index (κ2) is 11.2. The van der Waals surface area contributed by atoms with Gasteiger partial charge in [0.2, 0.25) is 11.8 Å². The molecule has 2 rings (SSSR count). The molecule has 2 fully saturated rings. The van der Waals surface area contributed by atoms with Crippen molar-refractivity contribution < 1.29 is 14.5 Å². The maximum absolute atomic E-state index is 12.7. The summed E-state index contributed by atoms with van der Waals surface area (Å²) in [6, 6.07) is -0.422. The molecule has 1 saturated carbocycles. The number of carbonyl (C=O) groups excluding carboxylic acids is 2. The molecule has 0 aromatic carbocycles. The molecule has 0 radical (unpaired) electrons. The largest absolute Gasteiger partial charge is 0.354 e. The van der Waals surface area contributed by atoms with E-state index in [1.54, 1.807) is 4.90 Å². The van der Waals surface area contributed by atoms with Crippen LogP contribution in [-0.2, 0) is 9.59 Å². The predicted octanol–water partition coefficient (Wildman–Crippen LogP) is 2.02. The van der Waals surface area contributed by atoms with Crippen LogP contribution in [0.1, 0.15) is 73.1 Å². The van der Waals surface area contributed by atoms with E-state index < -0.39 is 6.04 Å². The van der Waals surface area contributed by atoms with Crippen LogP contribution < -0.4 is 15.5 Å². The number of piperidine rings is 1. The fourth-order valence-corrected chi connectivity index (χ4v) is 5.11. The number of quaternary nitrogens is 1. The number of hydrogen-bond acceptors (Lipinski definition) is 2. The second-order valence-electron chi connectivity index (χ2n) is 10.2. The highest BCUT2D eigenvalue weighted by atomic mass is 16.2. The fraction of sp³-hybridized carbons (Fsp3) is 0.913. The van der Waals surface area contributed by atoms with E-state index in [1.807, 2.05) is 13.8 Å². The van der Waals surface area contributed by atoms with Crippen LogP contribution in [0.25, 0.3) is 0 Å². The van der Waals surface area contributed by atoms with Crippen LogP contribution >= 0.6 is 0 Å². The van der Waals surface area contributed by atoms with Gasteiger partial charge in [-0.25, -0.2) is 0 Å². The standard InChI is InChI=1S/C23H43N3O2/c1-16(2)21(25-22(27)20-9-7-17(3)8-10-20)23(28)24-11-6-12-26-14-18(4)13-19(5)15-26/h16-21H,6-15H2,1-5H3,(H,24,28)(H,25,27)/p+1/t17?,18-,19-,20?,21-/m0/s1. The van der Waals surface area contributed by atoms with E-state index in [0.29, 0.717) is 6.54 Å². The Labute approximate surface area is 172 Å². The lowest BCUT2D eigenvalue weighted by Gasteiger charge is -2.32. The van der Waals surface area contributed by atoms with Crippen molar-refractivity contribution in [2.45, 2.75) is 79.2 Å². The Bertz CT molecular complexity index is 490. The molecule has 5 nitrogen and oxygen atoms in total. The van der Waals surface area contributed by atoms with Gasteiger partial charge in [0, 0.05) is 30.7 Å². The zero-order valence-corrected chi connectivity index (χ0v) is 18.9. The summed E-state index contributed by atoms with van der Waals surface area (Å²) in [5.41, 5.74) is 0. The molecule has 1 aliphatic heterocycles. The molecule has 162 valence electrons. The van der Waals surface area contributed by atoms with Crippen molar-refractivity contribution in [3.8, 4) is 0 Å². The van der Waals surface area contributed by atoms with Gasteiger partial charge in [-0.3, -0.25) is 9.59 Å². The van der Waals surface area contributed by atoms with Crippen LogP contribution in [0.3, 0.4) is 0 Å². The highest BCUT2D eigenvalue weighted by molar-refractivity contribution is 5.88. The molecule has 5 heteroatoms. The first-order valence-corrected chi connectivity index (χ1v) is 11.7. The molecule has 1 heterocycles. The zero-order chi connectivity index (χ0) is 20.7. The molecule has 0 aromatic heterocycles. The summed E-state index contributed by atoms with van der Waals surface area (Å²) in [5, 5.41) is 6.12. The average molecular weight is 395 g/mol. The third-order valence-electron chi connectivity index (χ3n) is 6.72. The Morgan fingerprint density at radius 1 is 0.964 bits per heavy atom. The molecule has 1 saturated heterocycles. The van der Waals surface area contributed by atoms with Crippen molar-refractivity contribution >= 4 is 11.8 Å². The quantitative estimate of drug-likeness (QED) is 0.552. The molecule has 2 aliphatic rings. The van der Waals surface area contributed by atoms with Crippen molar-refractivity contribution in [3.05, 3.63) is 0 Å². The zero-order valence-electron chi connectivity index (χ0n) is 18.9. The molecular weight excluding hydrogens is 350 g/mol. The van der Waals surface area contributed by atoms with Gasteiger partial charge in [0.15, 0.2) is 0 Å². The van der Waals surface area contributed by atoms with Crippen LogP contribution in [-0.4, -0.2) is 44.0 Å². The Morgan fingerprint density at radius 2 is 1.57 bits per heavy atom. The van der Waals surface area contributed by atoms with Crippen LogP contribution in [0.2, 0.25) is 0 Å². The van der Waals surface area contributed by atoms with Crippen LogP contribution in [0.4, 0.5) is 0 Å². The topological polar surface area (TPSA) is 62.6 Å². The van der Waals surface area contributed by atoms with E-state index in [9.17, 15) is 9.59 Å². The van der Waals surface area contributed by atoms with Gasteiger partial charge >= 0.3 is 0 Å². The number of nitrogens with one attached hydrogen (secondary N) is 3. The lowest BCUT2D eigenvalue weighted by Crippen LogP contribution is -3.14. The van der Waals surface area contributed by atoms with E-state index in [1.165, 1.54) is 19.5 Å². The first-order chi connectivity index (χ1) is 13.3. The third-order valence-corrected chi connectivity index (χ3v) is 6.72.